The van der Waals surface area contributed by atoms with Gasteiger partial charge in [-0.15, -0.1) is 0 Å². The van der Waals surface area contributed by atoms with Crippen molar-refractivity contribution in [1.82, 2.24) is 0 Å². The van der Waals surface area contributed by atoms with Crippen LogP contribution in [0.2, 0.25) is 0 Å². The number of ether oxygens (including phenoxy) is 5. The summed E-state index contributed by atoms with van der Waals surface area (Å²) in [6, 6.07) is 0. The third-order valence-electron chi connectivity index (χ3n) is 11.3. The number of rotatable bonds is 31. The molecule has 0 spiro atoms. The molecule has 0 amide bonds. The standard InChI is InChI=1S/C42H80O13S3/c1-4-7-10-13-16-19-22-56-25-28-31(43)32(44)36(48)41(52-28)55-39-30(27-58-24-21-18-15-12-9-6-3)53-42(37(49)34(39)46)54-38-29(51-40(50)35(47)33(38)45)26-57-23-20-17-14-11-8-5-2/h28-50H,4-27H2,1-3H3/t28-,29-,30-,31-,32+,33-,34-,35-,36-,37-,38-,39-,40?,41-,42-/m1/s1. The van der Waals surface area contributed by atoms with Crippen LogP contribution in [0.5, 0.6) is 0 Å². The molecule has 3 saturated heterocycles. The Bertz CT molecular complexity index is 1030. The summed E-state index contributed by atoms with van der Waals surface area (Å²) >= 11 is 4.77. The van der Waals surface area contributed by atoms with E-state index in [2.05, 4.69) is 20.8 Å². The quantitative estimate of drug-likeness (QED) is 0.0443. The highest BCUT2D eigenvalue weighted by Crippen LogP contribution is 2.35. The molecule has 13 nitrogen and oxygen atoms in total. The second-order valence-corrected chi connectivity index (χ2v) is 19.8. The van der Waals surface area contributed by atoms with E-state index in [4.69, 9.17) is 23.7 Å². The van der Waals surface area contributed by atoms with E-state index in [9.17, 15) is 40.9 Å². The van der Waals surface area contributed by atoms with Crippen LogP contribution >= 0.6 is 35.3 Å². The van der Waals surface area contributed by atoms with E-state index in [-0.39, 0.29) is 0 Å². The fourth-order valence-electron chi connectivity index (χ4n) is 7.57. The Balaban J connectivity index is 1.68. The summed E-state index contributed by atoms with van der Waals surface area (Å²) in [6.45, 7) is 6.55. The van der Waals surface area contributed by atoms with Crippen molar-refractivity contribution in [3.05, 3.63) is 0 Å². The second-order valence-electron chi connectivity index (χ2n) is 16.3. The van der Waals surface area contributed by atoms with Gasteiger partial charge in [0.05, 0.1) is 18.3 Å². The lowest BCUT2D eigenvalue weighted by atomic mass is 9.96. The predicted octanol–water partition coefficient (Wildman–Crippen LogP) is 4.73. The van der Waals surface area contributed by atoms with Gasteiger partial charge in [-0.25, -0.2) is 0 Å². The fourth-order valence-corrected chi connectivity index (χ4v) is 10.8. The van der Waals surface area contributed by atoms with Gasteiger partial charge in [0.1, 0.15) is 54.9 Å². The first kappa shape index (κ1) is 52.9. The smallest absolute Gasteiger partial charge is 0.187 e. The van der Waals surface area contributed by atoms with E-state index in [0.717, 1.165) is 62.2 Å². The Labute approximate surface area is 361 Å². The van der Waals surface area contributed by atoms with Crippen LogP contribution in [0, 0.1) is 0 Å². The zero-order chi connectivity index (χ0) is 42.3. The molecule has 16 heteroatoms. The van der Waals surface area contributed by atoms with Crippen molar-refractivity contribution in [1.29, 1.82) is 0 Å². The minimum atomic E-state index is -1.70. The van der Waals surface area contributed by atoms with Gasteiger partial charge in [0.15, 0.2) is 18.9 Å². The number of thioether (sulfide) groups is 3. The minimum absolute atomic E-state index is 0.317. The molecule has 15 atom stereocenters. The zero-order valence-corrected chi connectivity index (χ0v) is 37.9. The van der Waals surface area contributed by atoms with E-state index in [1.807, 2.05) is 0 Å². The van der Waals surface area contributed by atoms with Gasteiger partial charge in [-0.1, -0.05) is 117 Å². The molecule has 58 heavy (non-hydrogen) atoms. The van der Waals surface area contributed by atoms with Gasteiger partial charge in [0.25, 0.3) is 0 Å². The van der Waals surface area contributed by atoms with Crippen LogP contribution in [0.3, 0.4) is 0 Å². The molecule has 3 fully saturated rings. The Kier molecular flexibility index (Phi) is 27.9. The molecule has 0 saturated carbocycles. The second kappa shape index (κ2) is 30.6. The monoisotopic (exact) mass is 888 g/mol. The number of hydrogen-bond donors (Lipinski definition) is 8. The van der Waals surface area contributed by atoms with Gasteiger partial charge in [0, 0.05) is 17.3 Å². The van der Waals surface area contributed by atoms with Gasteiger partial charge in [-0.2, -0.15) is 35.3 Å². The van der Waals surface area contributed by atoms with Crippen LogP contribution in [-0.2, 0) is 23.7 Å². The van der Waals surface area contributed by atoms with Crippen molar-refractivity contribution < 1.29 is 64.5 Å². The molecule has 0 bridgehead atoms. The summed E-state index contributed by atoms with van der Waals surface area (Å²) in [6.07, 6.45) is -0.0386. The lowest BCUT2D eigenvalue weighted by Crippen LogP contribution is -2.66. The molecule has 3 heterocycles. The topological polar surface area (TPSA) is 208 Å². The Hall–Kier alpha value is 0.530. The van der Waals surface area contributed by atoms with Gasteiger partial charge >= 0.3 is 0 Å². The van der Waals surface area contributed by atoms with Gasteiger partial charge in [-0.05, 0) is 36.5 Å². The highest BCUT2D eigenvalue weighted by molar-refractivity contribution is 7.99. The number of aliphatic hydroxyl groups is 8. The number of hydrogen-bond acceptors (Lipinski definition) is 16. The van der Waals surface area contributed by atoms with Crippen molar-refractivity contribution in [2.24, 2.45) is 0 Å². The van der Waals surface area contributed by atoms with Crippen molar-refractivity contribution in [2.45, 2.75) is 228 Å². The van der Waals surface area contributed by atoms with E-state index in [1.54, 1.807) is 35.3 Å². The largest absolute Gasteiger partial charge is 0.388 e. The average molecular weight is 889 g/mol. The first-order valence-electron chi connectivity index (χ1n) is 22.5. The van der Waals surface area contributed by atoms with Crippen molar-refractivity contribution in [2.75, 3.05) is 34.5 Å². The highest BCUT2D eigenvalue weighted by atomic mass is 32.2. The Morgan fingerprint density at radius 3 is 1.16 bits per heavy atom. The molecule has 3 aliphatic rings. The third-order valence-corrected chi connectivity index (χ3v) is 14.7. The maximum absolute atomic E-state index is 11.6. The number of aliphatic hydroxyl groups excluding tert-OH is 8. The van der Waals surface area contributed by atoms with Gasteiger partial charge in [-0.3, -0.25) is 0 Å². The lowest BCUT2D eigenvalue weighted by molar-refractivity contribution is -0.369. The van der Waals surface area contributed by atoms with E-state index >= 15 is 0 Å². The molecular formula is C42H80O13S3. The van der Waals surface area contributed by atoms with Gasteiger partial charge < -0.3 is 64.5 Å². The SMILES string of the molecule is CCCCCCCCSC[C@H]1O[C@H](O[C@H]2[C@H](O)[C@@H](O)[C@@H](O[C@H]3[C@H](O)[C@@H](O)C(O)O[C@@H]3CSCCCCCCCC)O[C@@H]2CSCCCCCCCC)[C@H](O)[C@@H](O)[C@@H]1O. The summed E-state index contributed by atoms with van der Waals surface area (Å²) in [5, 5.41) is 87.7. The van der Waals surface area contributed by atoms with Crippen molar-refractivity contribution in [3.8, 4) is 0 Å². The molecular weight excluding hydrogens is 809 g/mol. The predicted molar refractivity (Wildman–Crippen MR) is 232 cm³/mol. The molecule has 344 valence electrons. The van der Waals surface area contributed by atoms with Crippen LogP contribution in [0.15, 0.2) is 0 Å². The molecule has 8 N–H and O–H groups in total. The molecule has 3 aliphatic heterocycles. The molecule has 3 rings (SSSR count). The highest BCUT2D eigenvalue weighted by Gasteiger charge is 2.53. The van der Waals surface area contributed by atoms with Crippen LogP contribution in [0.25, 0.3) is 0 Å². The molecule has 0 aliphatic carbocycles. The molecule has 0 aromatic rings. The average Bonchev–Trinajstić information content (AvgIpc) is 3.21. The summed E-state index contributed by atoms with van der Waals surface area (Å²) in [4.78, 5) is 0. The fraction of sp³-hybridized carbons (Fsp3) is 1.00. The summed E-state index contributed by atoms with van der Waals surface area (Å²) < 4.78 is 30.5. The van der Waals surface area contributed by atoms with E-state index in [1.165, 1.54) is 70.6 Å². The number of unbranched alkanes of at least 4 members (excludes halogenated alkanes) is 15. The minimum Gasteiger partial charge on any atom is -0.388 e. The lowest BCUT2D eigenvalue weighted by Gasteiger charge is -2.48. The van der Waals surface area contributed by atoms with Gasteiger partial charge in [0.2, 0.25) is 0 Å². The van der Waals surface area contributed by atoms with Crippen LogP contribution in [-0.4, -0.2) is 167 Å². The van der Waals surface area contributed by atoms with Crippen LogP contribution in [0.4, 0.5) is 0 Å². The van der Waals surface area contributed by atoms with Crippen LogP contribution < -0.4 is 0 Å². The third kappa shape index (κ3) is 18.0. The first-order chi connectivity index (χ1) is 28.0. The normalized spacial score (nSPS) is 35.7. The molecule has 0 radical (unpaired) electrons. The van der Waals surface area contributed by atoms with E-state index < -0.39 is 92.1 Å². The summed E-state index contributed by atoms with van der Waals surface area (Å²) in [5.74, 6) is 3.54. The maximum Gasteiger partial charge on any atom is 0.187 e. The maximum atomic E-state index is 11.6. The molecule has 0 aromatic heterocycles. The molecule has 0 aromatic carbocycles. The van der Waals surface area contributed by atoms with E-state index in [0.29, 0.717) is 17.3 Å². The first-order valence-corrected chi connectivity index (χ1v) is 26.0. The van der Waals surface area contributed by atoms with Crippen molar-refractivity contribution >= 4 is 35.3 Å². The summed E-state index contributed by atoms with van der Waals surface area (Å²) in [7, 11) is 0. The summed E-state index contributed by atoms with van der Waals surface area (Å²) in [5.41, 5.74) is 0. The Morgan fingerprint density at radius 1 is 0.362 bits per heavy atom. The van der Waals surface area contributed by atoms with Crippen molar-refractivity contribution in [3.63, 3.8) is 0 Å². The van der Waals surface area contributed by atoms with Crippen LogP contribution in [0.1, 0.15) is 136 Å². The molecule has 1 unspecified atom stereocenters. The Morgan fingerprint density at radius 2 is 0.707 bits per heavy atom. The zero-order valence-electron chi connectivity index (χ0n) is 35.5.